The molecule has 180 valence electrons. The van der Waals surface area contributed by atoms with Crippen molar-refractivity contribution in [2.45, 2.75) is 39.3 Å². The van der Waals surface area contributed by atoms with E-state index in [1.807, 2.05) is 42.5 Å². The van der Waals surface area contributed by atoms with Gasteiger partial charge in [0.05, 0.1) is 28.0 Å². The molecule has 1 amide bonds. The number of nitrogens with one attached hydrogen (secondary N) is 1. The van der Waals surface area contributed by atoms with Crippen LogP contribution < -0.4 is 5.32 Å². The molecule has 4 heterocycles. The Hall–Kier alpha value is -3.62. The SMILES string of the molecule is C=Cc1ccnc2c(-c3ccccn3)c(-c3ccnc(NC(C)=O)c3)n(COCC[Si](C)(C)C)c12. The lowest BCUT2D eigenvalue weighted by Gasteiger charge is -2.18. The van der Waals surface area contributed by atoms with Crippen LogP contribution in [0.15, 0.2) is 61.6 Å². The van der Waals surface area contributed by atoms with Crippen molar-refractivity contribution in [2.75, 3.05) is 11.9 Å². The number of amides is 1. The maximum Gasteiger partial charge on any atom is 0.222 e. The molecule has 4 aromatic heterocycles. The molecule has 0 radical (unpaired) electrons. The van der Waals surface area contributed by atoms with Gasteiger partial charge in [-0.25, -0.2) is 4.98 Å². The third kappa shape index (κ3) is 5.55. The fraction of sp³-hybridized carbons (Fsp3) is 0.259. The van der Waals surface area contributed by atoms with Crippen molar-refractivity contribution in [3.63, 3.8) is 0 Å². The number of carbonyl (C=O) groups excluding carboxylic acids is 1. The van der Waals surface area contributed by atoms with Gasteiger partial charge in [-0.2, -0.15) is 0 Å². The number of aromatic nitrogens is 4. The van der Waals surface area contributed by atoms with E-state index in [2.05, 4.69) is 46.1 Å². The summed E-state index contributed by atoms with van der Waals surface area (Å²) in [5, 5.41) is 2.79. The highest BCUT2D eigenvalue weighted by Gasteiger charge is 2.24. The molecule has 0 aliphatic rings. The highest BCUT2D eigenvalue weighted by atomic mass is 28.3. The Bertz CT molecular complexity index is 1360. The van der Waals surface area contributed by atoms with E-state index in [1.54, 1.807) is 18.6 Å². The van der Waals surface area contributed by atoms with Gasteiger partial charge in [-0.05, 0) is 36.4 Å². The van der Waals surface area contributed by atoms with Crippen molar-refractivity contribution in [3.8, 4) is 22.5 Å². The summed E-state index contributed by atoms with van der Waals surface area (Å²) in [4.78, 5) is 25.4. The van der Waals surface area contributed by atoms with Crippen molar-refractivity contribution in [3.05, 3.63) is 67.1 Å². The fourth-order valence-electron chi connectivity index (χ4n) is 4.00. The first-order chi connectivity index (χ1) is 16.8. The normalized spacial score (nSPS) is 11.5. The molecule has 7 nitrogen and oxygen atoms in total. The molecule has 4 rings (SSSR count). The van der Waals surface area contributed by atoms with E-state index >= 15 is 0 Å². The fourth-order valence-corrected chi connectivity index (χ4v) is 4.76. The largest absolute Gasteiger partial charge is 0.361 e. The van der Waals surface area contributed by atoms with Crippen molar-refractivity contribution in [1.29, 1.82) is 0 Å². The zero-order valence-electron chi connectivity index (χ0n) is 20.7. The van der Waals surface area contributed by atoms with Crippen molar-refractivity contribution < 1.29 is 9.53 Å². The second-order valence-electron chi connectivity index (χ2n) is 9.63. The lowest BCUT2D eigenvalue weighted by atomic mass is 10.0. The zero-order valence-corrected chi connectivity index (χ0v) is 21.7. The van der Waals surface area contributed by atoms with E-state index < -0.39 is 8.07 Å². The van der Waals surface area contributed by atoms with Crippen molar-refractivity contribution in [1.82, 2.24) is 19.5 Å². The Morgan fingerprint density at radius 1 is 1.11 bits per heavy atom. The summed E-state index contributed by atoms with van der Waals surface area (Å²) in [5.41, 5.74) is 6.21. The summed E-state index contributed by atoms with van der Waals surface area (Å²) >= 11 is 0. The Balaban J connectivity index is 1.96. The third-order valence-corrected chi connectivity index (χ3v) is 7.37. The molecule has 0 aliphatic heterocycles. The van der Waals surface area contributed by atoms with Crippen LogP contribution >= 0.6 is 0 Å². The summed E-state index contributed by atoms with van der Waals surface area (Å²) in [6, 6.07) is 12.7. The molecule has 0 saturated heterocycles. The van der Waals surface area contributed by atoms with E-state index in [-0.39, 0.29) is 5.91 Å². The average molecular weight is 486 g/mol. The van der Waals surface area contributed by atoms with Gasteiger partial charge in [0.2, 0.25) is 5.91 Å². The monoisotopic (exact) mass is 485 g/mol. The molecule has 0 aliphatic carbocycles. The topological polar surface area (TPSA) is 81.9 Å². The van der Waals surface area contributed by atoms with Crippen LogP contribution in [0.2, 0.25) is 25.7 Å². The second-order valence-corrected chi connectivity index (χ2v) is 15.2. The maximum atomic E-state index is 11.7. The summed E-state index contributed by atoms with van der Waals surface area (Å²) in [6.07, 6.45) is 7.10. The number of fused-ring (bicyclic) bond motifs is 1. The van der Waals surface area contributed by atoms with Gasteiger partial charge >= 0.3 is 0 Å². The molecule has 0 unspecified atom stereocenters. The Morgan fingerprint density at radius 2 is 1.91 bits per heavy atom. The van der Waals surface area contributed by atoms with Gasteiger partial charge in [-0.15, -0.1) is 0 Å². The molecule has 0 fully saturated rings. The molecule has 0 aromatic carbocycles. The van der Waals surface area contributed by atoms with Crippen molar-refractivity contribution >= 4 is 36.9 Å². The van der Waals surface area contributed by atoms with E-state index in [9.17, 15) is 4.79 Å². The number of hydrogen-bond acceptors (Lipinski definition) is 5. The predicted molar refractivity (Wildman–Crippen MR) is 145 cm³/mol. The van der Waals surface area contributed by atoms with E-state index in [4.69, 9.17) is 9.72 Å². The molecular formula is C27H31N5O2Si. The molecule has 4 aromatic rings. The van der Waals surface area contributed by atoms with Crippen LogP contribution in [0.5, 0.6) is 0 Å². The summed E-state index contributed by atoms with van der Waals surface area (Å²) in [6.45, 7) is 13.6. The highest BCUT2D eigenvalue weighted by Crippen LogP contribution is 2.41. The number of anilines is 1. The van der Waals surface area contributed by atoms with Gasteiger partial charge in [0, 0.05) is 51.3 Å². The number of carbonyl (C=O) groups is 1. The minimum Gasteiger partial charge on any atom is -0.361 e. The summed E-state index contributed by atoms with van der Waals surface area (Å²) in [7, 11) is -1.24. The first-order valence-electron chi connectivity index (χ1n) is 11.7. The van der Waals surface area contributed by atoms with Crippen LogP contribution in [0.3, 0.4) is 0 Å². The van der Waals surface area contributed by atoms with Crippen LogP contribution in [0.1, 0.15) is 12.5 Å². The van der Waals surface area contributed by atoms with Crippen LogP contribution in [0, 0.1) is 0 Å². The number of ether oxygens (including phenoxy) is 1. The van der Waals surface area contributed by atoms with Gasteiger partial charge in [-0.1, -0.05) is 38.4 Å². The molecule has 35 heavy (non-hydrogen) atoms. The molecule has 8 heteroatoms. The number of rotatable bonds is 9. The summed E-state index contributed by atoms with van der Waals surface area (Å²) < 4.78 is 8.38. The van der Waals surface area contributed by atoms with Crippen LogP contribution in [0.4, 0.5) is 5.82 Å². The highest BCUT2D eigenvalue weighted by molar-refractivity contribution is 6.76. The first kappa shape index (κ1) is 24.5. The van der Waals surface area contributed by atoms with Crippen molar-refractivity contribution in [2.24, 2.45) is 0 Å². The number of pyridine rings is 3. The first-order valence-corrected chi connectivity index (χ1v) is 15.4. The van der Waals surface area contributed by atoms with Crippen LogP contribution in [-0.4, -0.2) is 40.1 Å². The molecule has 1 N–H and O–H groups in total. The Labute approximate surface area is 206 Å². The minimum absolute atomic E-state index is 0.176. The lowest BCUT2D eigenvalue weighted by Crippen LogP contribution is -2.22. The quantitative estimate of drug-likeness (QED) is 0.230. The van der Waals surface area contributed by atoms with E-state index in [0.717, 1.165) is 45.2 Å². The zero-order chi connectivity index (χ0) is 25.0. The van der Waals surface area contributed by atoms with Gasteiger partial charge in [0.25, 0.3) is 0 Å². The molecular weight excluding hydrogens is 454 g/mol. The third-order valence-electron chi connectivity index (χ3n) is 5.66. The van der Waals surface area contributed by atoms with Crippen LogP contribution in [0.25, 0.3) is 39.6 Å². The van der Waals surface area contributed by atoms with Gasteiger partial charge in [-0.3, -0.25) is 14.8 Å². The standard InChI is InChI=1S/C27H31N5O2Si/c1-6-20-10-14-30-25-24(22-9-7-8-12-28-22)26(21-11-13-29-23(17-21)31-19(2)33)32(27(20)25)18-34-15-16-35(3,4)5/h6-14,17H,1,15-16,18H2,2-5H3,(H,29,31,33). The Kier molecular flexibility index (Phi) is 7.23. The molecule has 0 saturated carbocycles. The van der Waals surface area contributed by atoms with Gasteiger partial charge in [0.1, 0.15) is 12.5 Å². The molecule has 0 atom stereocenters. The Morgan fingerprint density at radius 3 is 2.60 bits per heavy atom. The predicted octanol–water partition coefficient (Wildman–Crippen LogP) is 6.07. The minimum atomic E-state index is -1.24. The summed E-state index contributed by atoms with van der Waals surface area (Å²) in [5.74, 6) is 0.306. The second kappa shape index (κ2) is 10.3. The van der Waals surface area contributed by atoms with Gasteiger partial charge in [0.15, 0.2) is 0 Å². The van der Waals surface area contributed by atoms with E-state index in [1.165, 1.54) is 6.92 Å². The number of nitrogens with zero attached hydrogens (tertiary/aromatic N) is 4. The van der Waals surface area contributed by atoms with Gasteiger partial charge < -0.3 is 14.6 Å². The smallest absolute Gasteiger partial charge is 0.222 e. The lowest BCUT2D eigenvalue weighted by molar-refractivity contribution is -0.114. The van der Waals surface area contributed by atoms with E-state index in [0.29, 0.717) is 19.2 Å². The average Bonchev–Trinajstić information content (AvgIpc) is 3.16. The maximum absolute atomic E-state index is 11.7. The molecule has 0 bridgehead atoms. The molecule has 0 spiro atoms. The van der Waals surface area contributed by atoms with Crippen LogP contribution in [-0.2, 0) is 16.3 Å². The number of hydrogen-bond donors (Lipinski definition) is 1.